The van der Waals surface area contributed by atoms with E-state index in [1.807, 2.05) is 31.2 Å². The Bertz CT molecular complexity index is 714. The second-order valence-electron chi connectivity index (χ2n) is 5.13. The summed E-state index contributed by atoms with van der Waals surface area (Å²) >= 11 is 0. The minimum atomic E-state index is -0.303. The lowest BCUT2D eigenvalue weighted by molar-refractivity contribution is -0.129. The van der Waals surface area contributed by atoms with Crippen molar-refractivity contribution in [2.75, 3.05) is 20.6 Å². The van der Waals surface area contributed by atoms with Crippen LogP contribution in [0, 0.1) is 0 Å². The van der Waals surface area contributed by atoms with Crippen molar-refractivity contribution in [1.29, 1.82) is 0 Å². The van der Waals surface area contributed by atoms with Gasteiger partial charge in [-0.25, -0.2) is 0 Å². The first-order valence-electron chi connectivity index (χ1n) is 7.19. The number of para-hydroxylation sites is 1. The lowest BCUT2D eigenvalue weighted by Gasteiger charge is -2.09. The van der Waals surface area contributed by atoms with Crippen molar-refractivity contribution in [1.82, 2.24) is 10.2 Å². The Balaban J connectivity index is 2.13. The zero-order valence-corrected chi connectivity index (χ0v) is 13.1. The van der Waals surface area contributed by atoms with Gasteiger partial charge in [-0.2, -0.15) is 0 Å². The second-order valence-corrected chi connectivity index (χ2v) is 5.13. The van der Waals surface area contributed by atoms with Crippen LogP contribution in [0.4, 0.5) is 0 Å². The molecule has 1 aromatic heterocycles. The van der Waals surface area contributed by atoms with E-state index < -0.39 is 0 Å². The number of rotatable bonds is 5. The predicted octanol–water partition coefficient (Wildman–Crippen LogP) is 2.21. The van der Waals surface area contributed by atoms with Crippen LogP contribution >= 0.6 is 0 Å². The van der Waals surface area contributed by atoms with Crippen LogP contribution in [0.25, 0.3) is 17.0 Å². The molecule has 0 fully saturated rings. The van der Waals surface area contributed by atoms with Crippen molar-refractivity contribution in [2.24, 2.45) is 0 Å². The third-order valence-electron chi connectivity index (χ3n) is 3.35. The molecule has 5 nitrogen and oxygen atoms in total. The van der Waals surface area contributed by atoms with E-state index in [0.29, 0.717) is 0 Å². The summed E-state index contributed by atoms with van der Waals surface area (Å²) in [6.45, 7) is 1.99. The zero-order valence-electron chi connectivity index (χ0n) is 13.1. The van der Waals surface area contributed by atoms with Gasteiger partial charge in [-0.05, 0) is 12.1 Å². The first kappa shape index (κ1) is 15.8. The molecule has 1 heterocycles. The van der Waals surface area contributed by atoms with Gasteiger partial charge in [0.15, 0.2) is 0 Å². The van der Waals surface area contributed by atoms with Gasteiger partial charge in [0.2, 0.25) is 11.8 Å². The highest BCUT2D eigenvalue weighted by molar-refractivity contribution is 5.97. The fourth-order valence-corrected chi connectivity index (χ4v) is 2.10. The van der Waals surface area contributed by atoms with Crippen molar-refractivity contribution in [3.8, 4) is 0 Å². The number of aryl methyl sites for hydroxylation is 1. The molecule has 22 heavy (non-hydrogen) atoms. The van der Waals surface area contributed by atoms with Crippen molar-refractivity contribution in [3.05, 3.63) is 41.7 Å². The number of carbonyl (C=O) groups excluding carboxylic acids is 2. The lowest BCUT2D eigenvalue weighted by atomic mass is 10.1. The topological polar surface area (TPSA) is 62.6 Å². The van der Waals surface area contributed by atoms with Gasteiger partial charge >= 0.3 is 0 Å². The Morgan fingerprint density at radius 1 is 1.27 bits per heavy atom. The molecule has 0 unspecified atom stereocenters. The number of amides is 2. The molecule has 0 spiro atoms. The molecule has 2 rings (SSSR count). The number of nitrogens with one attached hydrogen (secondary N) is 1. The van der Waals surface area contributed by atoms with E-state index in [0.717, 1.165) is 28.7 Å². The van der Waals surface area contributed by atoms with Crippen LogP contribution in [0.3, 0.4) is 0 Å². The summed E-state index contributed by atoms with van der Waals surface area (Å²) < 4.78 is 5.77. The van der Waals surface area contributed by atoms with Gasteiger partial charge in [0.1, 0.15) is 11.3 Å². The maximum Gasteiger partial charge on any atom is 0.244 e. The summed E-state index contributed by atoms with van der Waals surface area (Å²) in [6, 6.07) is 7.72. The smallest absolute Gasteiger partial charge is 0.244 e. The Labute approximate surface area is 129 Å². The van der Waals surface area contributed by atoms with Gasteiger partial charge in [0, 0.05) is 37.5 Å². The fraction of sp³-hybridized carbons (Fsp3) is 0.294. The number of nitrogens with zero attached hydrogens (tertiary/aromatic N) is 1. The fourth-order valence-electron chi connectivity index (χ4n) is 2.10. The predicted molar refractivity (Wildman–Crippen MR) is 86.3 cm³/mol. The van der Waals surface area contributed by atoms with Crippen molar-refractivity contribution >= 4 is 28.9 Å². The van der Waals surface area contributed by atoms with Crippen LogP contribution in [-0.4, -0.2) is 37.4 Å². The molecular formula is C17H20N2O3. The maximum atomic E-state index is 11.8. The van der Waals surface area contributed by atoms with Gasteiger partial charge in [-0.1, -0.05) is 25.1 Å². The molecule has 116 valence electrons. The summed E-state index contributed by atoms with van der Waals surface area (Å²) in [4.78, 5) is 24.7. The lowest BCUT2D eigenvalue weighted by Crippen LogP contribution is -2.35. The van der Waals surface area contributed by atoms with E-state index in [1.54, 1.807) is 20.2 Å². The van der Waals surface area contributed by atoms with Crippen molar-refractivity contribution in [2.45, 2.75) is 13.3 Å². The van der Waals surface area contributed by atoms with Gasteiger partial charge in [-0.3, -0.25) is 9.59 Å². The average molecular weight is 300 g/mol. The Hall–Kier alpha value is -2.56. The SMILES string of the molecule is CCc1oc2ccccc2c1/C=C/C(=O)NCC(=O)N(C)C. The van der Waals surface area contributed by atoms with Crippen LogP contribution in [0.1, 0.15) is 18.2 Å². The molecule has 2 amide bonds. The number of hydrogen-bond acceptors (Lipinski definition) is 3. The summed E-state index contributed by atoms with van der Waals surface area (Å²) in [6.07, 6.45) is 3.91. The molecule has 5 heteroatoms. The van der Waals surface area contributed by atoms with Crippen LogP contribution < -0.4 is 5.32 Å². The number of carbonyl (C=O) groups is 2. The summed E-state index contributed by atoms with van der Waals surface area (Å²) in [5, 5.41) is 3.54. The normalized spacial score (nSPS) is 11.0. The number of fused-ring (bicyclic) bond motifs is 1. The quantitative estimate of drug-likeness (QED) is 0.861. The molecule has 0 aliphatic carbocycles. The number of likely N-dealkylation sites (N-methyl/N-ethyl adjacent to an activating group) is 1. The van der Waals surface area contributed by atoms with Gasteiger partial charge < -0.3 is 14.6 Å². The second kappa shape index (κ2) is 6.93. The zero-order chi connectivity index (χ0) is 16.1. The highest BCUT2D eigenvalue weighted by Crippen LogP contribution is 2.27. The highest BCUT2D eigenvalue weighted by Gasteiger charge is 2.10. The van der Waals surface area contributed by atoms with E-state index in [4.69, 9.17) is 4.42 Å². The summed E-state index contributed by atoms with van der Waals surface area (Å²) in [7, 11) is 3.30. The number of hydrogen-bond donors (Lipinski definition) is 1. The monoisotopic (exact) mass is 300 g/mol. The van der Waals surface area contributed by atoms with Crippen molar-refractivity contribution in [3.63, 3.8) is 0 Å². The summed E-state index contributed by atoms with van der Waals surface area (Å²) in [5.74, 6) is 0.391. The minimum Gasteiger partial charge on any atom is -0.460 e. The Kier molecular flexibility index (Phi) is 4.99. The molecule has 1 N–H and O–H groups in total. The average Bonchev–Trinajstić information content (AvgIpc) is 2.88. The van der Waals surface area contributed by atoms with E-state index in [9.17, 15) is 9.59 Å². The third kappa shape index (κ3) is 3.55. The van der Waals surface area contributed by atoms with E-state index in [-0.39, 0.29) is 18.4 Å². The molecule has 1 aromatic carbocycles. The molecule has 0 radical (unpaired) electrons. The Morgan fingerprint density at radius 3 is 2.68 bits per heavy atom. The van der Waals surface area contributed by atoms with Crippen molar-refractivity contribution < 1.29 is 14.0 Å². The van der Waals surface area contributed by atoms with Crippen LogP contribution in [0.15, 0.2) is 34.8 Å². The van der Waals surface area contributed by atoms with Gasteiger partial charge in [0.25, 0.3) is 0 Å². The number of benzene rings is 1. The maximum absolute atomic E-state index is 11.8. The van der Waals surface area contributed by atoms with E-state index >= 15 is 0 Å². The van der Waals surface area contributed by atoms with E-state index in [1.165, 1.54) is 11.0 Å². The molecule has 0 atom stereocenters. The number of furan rings is 1. The third-order valence-corrected chi connectivity index (χ3v) is 3.35. The molecule has 0 aliphatic rings. The highest BCUT2D eigenvalue weighted by atomic mass is 16.3. The molecule has 0 bridgehead atoms. The van der Waals surface area contributed by atoms with Gasteiger partial charge in [0.05, 0.1) is 6.54 Å². The molecular weight excluding hydrogens is 280 g/mol. The molecule has 0 saturated carbocycles. The first-order chi connectivity index (χ1) is 10.5. The van der Waals surface area contributed by atoms with Crippen LogP contribution in [-0.2, 0) is 16.0 Å². The Morgan fingerprint density at radius 2 is 2.00 bits per heavy atom. The minimum absolute atomic E-state index is 0.0110. The van der Waals surface area contributed by atoms with E-state index in [2.05, 4.69) is 5.32 Å². The van der Waals surface area contributed by atoms with Gasteiger partial charge in [-0.15, -0.1) is 0 Å². The standard InChI is InChI=1S/C17H20N2O3/c1-4-14-13(12-7-5-6-8-15(12)22-14)9-10-16(20)18-11-17(21)19(2)3/h5-10H,4,11H2,1-3H3,(H,18,20)/b10-9+. The molecule has 0 aliphatic heterocycles. The van der Waals surface area contributed by atoms with Crippen LogP contribution in [0.2, 0.25) is 0 Å². The first-order valence-corrected chi connectivity index (χ1v) is 7.19. The molecule has 2 aromatic rings. The molecule has 0 saturated heterocycles. The van der Waals surface area contributed by atoms with Crippen LogP contribution in [0.5, 0.6) is 0 Å². The summed E-state index contributed by atoms with van der Waals surface area (Å²) in [5.41, 5.74) is 1.72. The largest absolute Gasteiger partial charge is 0.460 e.